The highest BCUT2D eigenvalue weighted by atomic mass is 79.9. The first-order valence-corrected chi connectivity index (χ1v) is 9.56. The number of carbonyl (C=O) groups excluding carboxylic acids is 3. The van der Waals surface area contributed by atoms with E-state index in [1.165, 1.54) is 41.1 Å². The molecule has 7 nitrogen and oxygen atoms in total. The molecule has 0 bridgehead atoms. The highest BCUT2D eigenvalue weighted by Crippen LogP contribution is 2.59. The standard InChI is InChI=1S/C17H18BrNO6S/c1-4-7-25-13(22)11-16(2,3)26-15-17(18,14(23)19(11)15)12(21)10(20)9-6-5-8-24-9/h4-6,8,11-12,15,21H,1,7H2,2-3H3/t11-,12?,15+,17-/m0/s1. The van der Waals surface area contributed by atoms with E-state index in [2.05, 4.69) is 22.5 Å². The molecule has 0 aromatic carbocycles. The van der Waals surface area contributed by atoms with Gasteiger partial charge in [-0.25, -0.2) is 4.79 Å². The third kappa shape index (κ3) is 2.64. The highest BCUT2D eigenvalue weighted by molar-refractivity contribution is 9.10. The summed E-state index contributed by atoms with van der Waals surface area (Å²) in [6.45, 7) is 7.18. The largest absolute Gasteiger partial charge is 0.461 e. The second kappa shape index (κ2) is 6.54. The zero-order chi connectivity index (χ0) is 19.3. The summed E-state index contributed by atoms with van der Waals surface area (Å²) in [4.78, 5) is 39.1. The van der Waals surface area contributed by atoms with Gasteiger partial charge in [0.25, 0.3) is 0 Å². The van der Waals surface area contributed by atoms with Gasteiger partial charge in [-0.1, -0.05) is 28.6 Å². The van der Waals surface area contributed by atoms with E-state index in [-0.39, 0.29) is 12.4 Å². The SMILES string of the molecule is C=CCOC(=O)[C@@H]1N2C(=O)[C@@](Br)(C(O)C(=O)c3ccco3)[C@H]2SC1(C)C. The first-order valence-electron chi connectivity index (χ1n) is 7.89. The van der Waals surface area contributed by atoms with Crippen LogP contribution in [0, 0.1) is 0 Å². The fraction of sp³-hybridized carbons (Fsp3) is 0.471. The number of carbonyl (C=O) groups is 3. The van der Waals surface area contributed by atoms with E-state index in [1.807, 2.05) is 13.8 Å². The smallest absolute Gasteiger partial charge is 0.330 e. The molecule has 9 heteroatoms. The average molecular weight is 444 g/mol. The minimum atomic E-state index is -1.64. The van der Waals surface area contributed by atoms with Crippen molar-refractivity contribution in [1.82, 2.24) is 4.90 Å². The van der Waals surface area contributed by atoms with Crippen LogP contribution in [0.2, 0.25) is 0 Å². The van der Waals surface area contributed by atoms with Crippen molar-refractivity contribution in [3.05, 3.63) is 36.8 Å². The van der Waals surface area contributed by atoms with Crippen LogP contribution in [0.4, 0.5) is 0 Å². The molecule has 2 aliphatic rings. The lowest BCUT2D eigenvalue weighted by molar-refractivity contribution is -0.166. The molecule has 1 amide bonds. The number of hydrogen-bond acceptors (Lipinski definition) is 7. The Morgan fingerprint density at radius 2 is 2.27 bits per heavy atom. The summed E-state index contributed by atoms with van der Waals surface area (Å²) in [6, 6.07) is 2.13. The Labute approximate surface area is 162 Å². The van der Waals surface area contributed by atoms with E-state index in [0.29, 0.717) is 0 Å². The number of hydrogen-bond donors (Lipinski definition) is 1. The number of aliphatic hydroxyl groups is 1. The number of esters is 1. The number of furan rings is 1. The zero-order valence-corrected chi connectivity index (χ0v) is 16.6. The molecule has 0 saturated carbocycles. The Balaban J connectivity index is 1.86. The van der Waals surface area contributed by atoms with Gasteiger partial charge in [-0.3, -0.25) is 9.59 Å². The quantitative estimate of drug-likeness (QED) is 0.235. The van der Waals surface area contributed by atoms with Crippen molar-refractivity contribution in [2.75, 3.05) is 6.61 Å². The average Bonchev–Trinajstić information content (AvgIpc) is 3.22. The molecule has 3 rings (SSSR count). The summed E-state index contributed by atoms with van der Waals surface area (Å²) < 4.78 is 7.98. The number of ether oxygens (including phenoxy) is 1. The first kappa shape index (κ1) is 19.2. The number of thioether (sulfide) groups is 1. The van der Waals surface area contributed by atoms with Crippen molar-refractivity contribution in [3.8, 4) is 0 Å². The van der Waals surface area contributed by atoms with Crippen LogP contribution < -0.4 is 0 Å². The highest BCUT2D eigenvalue weighted by Gasteiger charge is 2.74. The van der Waals surface area contributed by atoms with Crippen LogP contribution in [0.1, 0.15) is 24.4 Å². The Hall–Kier alpha value is -1.58. The molecule has 2 saturated heterocycles. The molecule has 140 valence electrons. The van der Waals surface area contributed by atoms with Crippen molar-refractivity contribution >= 4 is 45.4 Å². The molecule has 3 heterocycles. The van der Waals surface area contributed by atoms with Crippen LogP contribution in [0.3, 0.4) is 0 Å². The lowest BCUT2D eigenvalue weighted by atomic mass is 9.85. The normalized spacial score (nSPS) is 30.3. The number of halogens is 1. The first-order chi connectivity index (χ1) is 12.2. The number of amides is 1. The molecular weight excluding hydrogens is 426 g/mol. The molecule has 1 unspecified atom stereocenters. The lowest BCUT2D eigenvalue weighted by Crippen LogP contribution is -2.75. The molecule has 2 fully saturated rings. The molecule has 0 aliphatic carbocycles. The maximum absolute atomic E-state index is 12.9. The van der Waals surface area contributed by atoms with E-state index in [0.717, 1.165) is 0 Å². The van der Waals surface area contributed by atoms with Gasteiger partial charge in [0, 0.05) is 4.75 Å². The second-order valence-corrected chi connectivity index (χ2v) is 9.67. The number of alkyl halides is 1. The lowest BCUT2D eigenvalue weighted by Gasteiger charge is -2.51. The number of aliphatic hydroxyl groups excluding tert-OH is 1. The number of ketones is 1. The van der Waals surface area contributed by atoms with Gasteiger partial charge >= 0.3 is 5.97 Å². The Morgan fingerprint density at radius 1 is 1.58 bits per heavy atom. The number of fused-ring (bicyclic) bond motifs is 1. The van der Waals surface area contributed by atoms with Crippen LogP contribution in [-0.2, 0) is 14.3 Å². The molecule has 1 N–H and O–H groups in total. The summed E-state index contributed by atoms with van der Waals surface area (Å²) in [5.41, 5.74) is 0. The van der Waals surface area contributed by atoms with Crippen LogP contribution in [0.5, 0.6) is 0 Å². The van der Waals surface area contributed by atoms with Crippen LogP contribution >= 0.6 is 27.7 Å². The minimum Gasteiger partial charge on any atom is -0.461 e. The summed E-state index contributed by atoms with van der Waals surface area (Å²) in [5.74, 6) is -1.81. The number of rotatable bonds is 6. The summed E-state index contributed by atoms with van der Waals surface area (Å²) in [6.07, 6.45) is 1.12. The molecule has 1 aromatic heterocycles. The number of Topliss-reactive ketones (excluding diaryl/α,β-unsaturated/α-hetero) is 1. The summed E-state index contributed by atoms with van der Waals surface area (Å²) >= 11 is 4.61. The second-order valence-electron chi connectivity index (χ2n) is 6.62. The zero-order valence-electron chi connectivity index (χ0n) is 14.2. The van der Waals surface area contributed by atoms with Gasteiger partial charge in [0.1, 0.15) is 24.1 Å². The van der Waals surface area contributed by atoms with E-state index < -0.39 is 44.3 Å². The number of nitrogens with zero attached hydrogens (tertiary/aromatic N) is 1. The molecule has 0 radical (unpaired) electrons. The monoisotopic (exact) mass is 443 g/mol. The van der Waals surface area contributed by atoms with Gasteiger partial charge in [-0.05, 0) is 26.0 Å². The predicted molar refractivity (Wildman–Crippen MR) is 98.0 cm³/mol. The molecule has 1 aromatic rings. The topological polar surface area (TPSA) is 97.0 Å². The van der Waals surface area contributed by atoms with Gasteiger partial charge in [-0.15, -0.1) is 11.8 Å². The van der Waals surface area contributed by atoms with Crippen molar-refractivity contribution < 1.29 is 28.6 Å². The Kier molecular flexibility index (Phi) is 4.83. The van der Waals surface area contributed by atoms with Gasteiger partial charge in [0.2, 0.25) is 11.7 Å². The van der Waals surface area contributed by atoms with Gasteiger partial charge in [0.05, 0.1) is 6.26 Å². The van der Waals surface area contributed by atoms with E-state index >= 15 is 0 Å². The molecule has 4 atom stereocenters. The van der Waals surface area contributed by atoms with Crippen LogP contribution in [-0.4, -0.2) is 60.9 Å². The summed E-state index contributed by atoms with van der Waals surface area (Å²) in [5, 5.41) is 9.98. The third-order valence-corrected chi connectivity index (χ3v) is 7.67. The van der Waals surface area contributed by atoms with Crippen LogP contribution in [0.15, 0.2) is 35.5 Å². The van der Waals surface area contributed by atoms with Crippen molar-refractivity contribution in [3.63, 3.8) is 0 Å². The van der Waals surface area contributed by atoms with E-state index in [1.54, 1.807) is 0 Å². The fourth-order valence-corrected chi connectivity index (χ4v) is 5.80. The number of β-lactam (4-membered cyclic amide) rings is 1. The molecule has 2 aliphatic heterocycles. The minimum absolute atomic E-state index is 0.0354. The van der Waals surface area contributed by atoms with Crippen molar-refractivity contribution in [1.29, 1.82) is 0 Å². The fourth-order valence-electron chi connectivity index (χ4n) is 3.24. The van der Waals surface area contributed by atoms with E-state index in [9.17, 15) is 19.5 Å². The van der Waals surface area contributed by atoms with Gasteiger partial charge in [0.15, 0.2) is 10.1 Å². The van der Waals surface area contributed by atoms with Crippen molar-refractivity contribution in [2.24, 2.45) is 0 Å². The van der Waals surface area contributed by atoms with Crippen molar-refractivity contribution in [2.45, 2.75) is 40.4 Å². The Bertz CT molecular complexity index is 763. The Morgan fingerprint density at radius 3 is 2.85 bits per heavy atom. The van der Waals surface area contributed by atoms with E-state index in [4.69, 9.17) is 9.15 Å². The molecular formula is C17H18BrNO6S. The maximum Gasteiger partial charge on any atom is 0.330 e. The van der Waals surface area contributed by atoms with Crippen LogP contribution in [0.25, 0.3) is 0 Å². The molecule has 0 spiro atoms. The van der Waals surface area contributed by atoms with Gasteiger partial charge < -0.3 is 19.2 Å². The van der Waals surface area contributed by atoms with Gasteiger partial charge in [-0.2, -0.15) is 0 Å². The molecule has 26 heavy (non-hydrogen) atoms. The predicted octanol–water partition coefficient (Wildman–Crippen LogP) is 1.75. The summed E-state index contributed by atoms with van der Waals surface area (Å²) in [7, 11) is 0. The third-order valence-electron chi connectivity index (χ3n) is 4.50. The maximum atomic E-state index is 12.9.